The molecule has 106 valence electrons. The van der Waals surface area contributed by atoms with Gasteiger partial charge < -0.3 is 20.1 Å². The van der Waals surface area contributed by atoms with Crippen LogP contribution in [0.5, 0.6) is 0 Å². The molecule has 0 aromatic carbocycles. The first-order chi connectivity index (χ1) is 8.44. The molecular weight excluding hydrogens is 230 g/mol. The van der Waals surface area contributed by atoms with Crippen LogP contribution in [0.2, 0.25) is 0 Å². The summed E-state index contributed by atoms with van der Waals surface area (Å²) in [6.07, 6.45) is -0.746. The second-order valence-corrected chi connectivity index (χ2v) is 6.43. The first-order valence-corrected chi connectivity index (χ1v) is 6.97. The number of piperazine rings is 1. The number of hydrogen-bond donors (Lipinski definition) is 2. The van der Waals surface area contributed by atoms with Crippen molar-refractivity contribution >= 4 is 0 Å². The average Bonchev–Trinajstić information content (AvgIpc) is 2.21. The van der Waals surface area contributed by atoms with Crippen LogP contribution in [-0.4, -0.2) is 72.7 Å². The van der Waals surface area contributed by atoms with Gasteiger partial charge in [0.25, 0.3) is 0 Å². The van der Waals surface area contributed by atoms with Gasteiger partial charge in [-0.3, -0.25) is 4.90 Å². The molecule has 0 amide bonds. The molecule has 18 heavy (non-hydrogen) atoms. The highest BCUT2D eigenvalue weighted by Gasteiger charge is 2.34. The molecule has 2 rings (SSSR count). The van der Waals surface area contributed by atoms with E-state index in [1.54, 1.807) is 0 Å². The Hall–Kier alpha value is -0.200. The molecule has 5 nitrogen and oxygen atoms in total. The lowest BCUT2D eigenvalue weighted by atomic mass is 10.00. The summed E-state index contributed by atoms with van der Waals surface area (Å²) in [6, 6.07) is 0. The normalized spacial score (nSPS) is 26.0. The van der Waals surface area contributed by atoms with E-state index in [2.05, 4.69) is 10.2 Å². The minimum absolute atomic E-state index is 0.289. The van der Waals surface area contributed by atoms with Crippen LogP contribution in [0.3, 0.4) is 0 Å². The number of hydrogen-bond acceptors (Lipinski definition) is 5. The molecule has 1 atom stereocenters. The van der Waals surface area contributed by atoms with Gasteiger partial charge in [0.05, 0.1) is 5.60 Å². The Labute approximate surface area is 110 Å². The molecule has 2 saturated heterocycles. The van der Waals surface area contributed by atoms with Crippen LogP contribution >= 0.6 is 0 Å². The molecule has 0 bridgehead atoms. The monoisotopic (exact) mass is 257 g/mol. The van der Waals surface area contributed by atoms with Gasteiger partial charge in [-0.15, -0.1) is 0 Å². The largest absolute Gasteiger partial charge is 0.356 e. The molecule has 0 aromatic heterocycles. The number of rotatable bonds is 4. The topological polar surface area (TPSA) is 48.0 Å². The van der Waals surface area contributed by atoms with Crippen LogP contribution in [0, 0.1) is 5.92 Å². The third-order valence-electron chi connectivity index (χ3n) is 3.48. The fraction of sp³-hybridized carbons (Fsp3) is 1.00. The molecule has 0 spiro atoms. The number of ether oxygens (including phenoxy) is 1. The smallest absolute Gasteiger partial charge is 0.216 e. The van der Waals surface area contributed by atoms with Crippen LogP contribution in [0.15, 0.2) is 0 Å². The van der Waals surface area contributed by atoms with Gasteiger partial charge >= 0.3 is 0 Å². The number of aliphatic hydroxyl groups is 1. The van der Waals surface area contributed by atoms with Crippen LogP contribution in [0.25, 0.3) is 0 Å². The van der Waals surface area contributed by atoms with Crippen molar-refractivity contribution in [1.82, 2.24) is 15.1 Å². The van der Waals surface area contributed by atoms with E-state index in [0.29, 0.717) is 5.92 Å². The number of nitrogens with zero attached hydrogens (tertiary/aromatic N) is 2. The zero-order chi connectivity index (χ0) is 13.2. The van der Waals surface area contributed by atoms with Gasteiger partial charge in [0.15, 0.2) is 0 Å². The van der Waals surface area contributed by atoms with Gasteiger partial charge in [-0.1, -0.05) is 0 Å². The van der Waals surface area contributed by atoms with E-state index in [1.165, 1.54) is 0 Å². The minimum atomic E-state index is -0.746. The van der Waals surface area contributed by atoms with E-state index in [9.17, 15) is 5.11 Å². The molecule has 5 heteroatoms. The summed E-state index contributed by atoms with van der Waals surface area (Å²) in [6.45, 7) is 13.5. The summed E-state index contributed by atoms with van der Waals surface area (Å²) in [4.78, 5) is 4.51. The number of likely N-dealkylation sites (tertiary alicyclic amines) is 1. The molecule has 0 radical (unpaired) electrons. The van der Waals surface area contributed by atoms with Crippen molar-refractivity contribution in [3.8, 4) is 0 Å². The minimum Gasteiger partial charge on any atom is -0.356 e. The van der Waals surface area contributed by atoms with Crippen LogP contribution < -0.4 is 5.32 Å². The summed E-state index contributed by atoms with van der Waals surface area (Å²) in [5, 5.41) is 13.3. The quantitative estimate of drug-likeness (QED) is 0.690. The predicted molar refractivity (Wildman–Crippen MR) is 71.2 cm³/mol. The van der Waals surface area contributed by atoms with Crippen molar-refractivity contribution in [2.75, 3.05) is 45.8 Å². The Morgan fingerprint density at radius 2 is 1.89 bits per heavy atom. The molecule has 0 aliphatic carbocycles. The van der Waals surface area contributed by atoms with Gasteiger partial charge in [0.1, 0.15) is 0 Å². The fourth-order valence-electron chi connectivity index (χ4n) is 2.56. The van der Waals surface area contributed by atoms with Crippen molar-refractivity contribution in [3.05, 3.63) is 0 Å². The molecule has 2 aliphatic rings. The maximum absolute atomic E-state index is 9.91. The van der Waals surface area contributed by atoms with Gasteiger partial charge in [0.2, 0.25) is 6.41 Å². The van der Waals surface area contributed by atoms with Crippen molar-refractivity contribution in [2.24, 2.45) is 5.92 Å². The van der Waals surface area contributed by atoms with E-state index in [1.807, 2.05) is 25.7 Å². The summed E-state index contributed by atoms with van der Waals surface area (Å²) >= 11 is 0. The first kappa shape index (κ1) is 14.2. The van der Waals surface area contributed by atoms with E-state index in [4.69, 9.17) is 4.74 Å². The molecule has 0 aromatic rings. The average molecular weight is 257 g/mol. The van der Waals surface area contributed by atoms with Gasteiger partial charge in [-0.25, -0.2) is 0 Å². The van der Waals surface area contributed by atoms with Crippen LogP contribution in [0.4, 0.5) is 0 Å². The maximum atomic E-state index is 9.91. The third-order valence-corrected chi connectivity index (χ3v) is 3.48. The van der Waals surface area contributed by atoms with Crippen molar-refractivity contribution in [2.45, 2.75) is 32.8 Å². The molecule has 2 N–H and O–H groups in total. The van der Waals surface area contributed by atoms with E-state index >= 15 is 0 Å². The number of nitrogens with one attached hydrogen (secondary N) is 1. The van der Waals surface area contributed by atoms with Crippen LogP contribution in [-0.2, 0) is 4.74 Å². The summed E-state index contributed by atoms with van der Waals surface area (Å²) in [5.41, 5.74) is -0.289. The van der Waals surface area contributed by atoms with Gasteiger partial charge in [-0.2, -0.15) is 0 Å². The SMILES string of the molecule is CC(C)(C)OC(O)N1CC(CN2CCNCC2)C1. The van der Waals surface area contributed by atoms with Crippen molar-refractivity contribution < 1.29 is 9.84 Å². The Bertz CT molecular complexity index is 255. The first-order valence-electron chi connectivity index (χ1n) is 6.97. The molecule has 2 fully saturated rings. The third kappa shape index (κ3) is 4.17. The van der Waals surface area contributed by atoms with Gasteiger partial charge in [0, 0.05) is 45.8 Å². The highest BCUT2D eigenvalue weighted by molar-refractivity contribution is 4.83. The molecular formula is C13H27N3O2. The van der Waals surface area contributed by atoms with Crippen LogP contribution in [0.1, 0.15) is 20.8 Å². The molecule has 2 aliphatic heterocycles. The summed E-state index contributed by atoms with van der Waals surface area (Å²) in [7, 11) is 0. The Balaban J connectivity index is 1.64. The standard InChI is InChI=1S/C13H27N3O2/c1-13(2,3)18-12(17)16-9-11(10-16)8-15-6-4-14-5-7-15/h11-12,14,17H,4-10H2,1-3H3. The summed E-state index contributed by atoms with van der Waals surface area (Å²) in [5.74, 6) is 0.682. The second-order valence-electron chi connectivity index (χ2n) is 6.43. The van der Waals surface area contributed by atoms with E-state index in [-0.39, 0.29) is 5.60 Å². The van der Waals surface area contributed by atoms with Crippen molar-refractivity contribution in [3.63, 3.8) is 0 Å². The Morgan fingerprint density at radius 1 is 1.28 bits per heavy atom. The number of aliphatic hydroxyl groups excluding tert-OH is 1. The predicted octanol–water partition coefficient (Wildman–Crippen LogP) is -0.0856. The Morgan fingerprint density at radius 3 is 2.44 bits per heavy atom. The molecule has 2 heterocycles. The summed E-state index contributed by atoms with van der Waals surface area (Å²) < 4.78 is 5.54. The van der Waals surface area contributed by atoms with Crippen molar-refractivity contribution in [1.29, 1.82) is 0 Å². The molecule has 0 saturated carbocycles. The molecule has 1 unspecified atom stereocenters. The zero-order valence-corrected chi connectivity index (χ0v) is 11.9. The van der Waals surface area contributed by atoms with E-state index < -0.39 is 6.41 Å². The lowest BCUT2D eigenvalue weighted by Gasteiger charge is -2.45. The highest BCUT2D eigenvalue weighted by atomic mass is 16.6. The Kier molecular flexibility index (Phi) is 4.61. The highest BCUT2D eigenvalue weighted by Crippen LogP contribution is 2.22. The second kappa shape index (κ2) is 5.84. The lowest BCUT2D eigenvalue weighted by Crippen LogP contribution is -2.58. The lowest BCUT2D eigenvalue weighted by molar-refractivity contribution is -0.261. The zero-order valence-electron chi connectivity index (χ0n) is 11.9. The van der Waals surface area contributed by atoms with E-state index in [0.717, 1.165) is 45.8 Å². The maximum Gasteiger partial charge on any atom is 0.216 e. The van der Waals surface area contributed by atoms with Gasteiger partial charge in [-0.05, 0) is 26.7 Å². The fourth-order valence-corrected chi connectivity index (χ4v) is 2.56.